The highest BCUT2D eigenvalue weighted by atomic mass is 16.6. The van der Waals surface area contributed by atoms with Crippen molar-refractivity contribution in [1.29, 1.82) is 0 Å². The summed E-state index contributed by atoms with van der Waals surface area (Å²) in [5, 5.41) is 16.6. The second-order valence-corrected chi connectivity index (χ2v) is 6.23. The largest absolute Gasteiger partial charge is 0.468 e. The maximum atomic E-state index is 12.2. The molecule has 0 aliphatic carbocycles. The zero-order valence-electron chi connectivity index (χ0n) is 16.1. The molecule has 4 N–H and O–H groups in total. The van der Waals surface area contributed by atoms with E-state index >= 15 is 0 Å². The molecule has 0 radical (unpaired) electrons. The molecule has 1 aromatic carbocycles. The minimum Gasteiger partial charge on any atom is -0.468 e. The maximum absolute atomic E-state index is 12.2. The number of carbonyl (C=O) groups excluding carboxylic acids is 2. The van der Waals surface area contributed by atoms with Gasteiger partial charge in [0.05, 0.1) is 12.0 Å². The molecule has 11 nitrogen and oxygen atoms in total. The molecule has 0 unspecified atom stereocenters. The number of imidazole rings is 1. The fourth-order valence-electron chi connectivity index (χ4n) is 2.81. The van der Waals surface area contributed by atoms with E-state index < -0.39 is 10.9 Å². The number of nitrogens with zero attached hydrogens (tertiary/aromatic N) is 3. The molecule has 30 heavy (non-hydrogen) atoms. The van der Waals surface area contributed by atoms with Crippen molar-refractivity contribution >= 4 is 29.0 Å². The monoisotopic (exact) mass is 412 g/mol. The third kappa shape index (κ3) is 4.36. The number of non-ortho nitro benzene ring substituents is 1. The number of hydrogen-bond acceptors (Lipinski definition) is 8. The normalized spacial score (nSPS) is 10.6. The summed E-state index contributed by atoms with van der Waals surface area (Å²) < 4.78 is 6.35. The number of benzene rings is 1. The first-order valence-corrected chi connectivity index (χ1v) is 9.00. The van der Waals surface area contributed by atoms with Crippen LogP contribution in [0.15, 0.2) is 42.6 Å². The molecule has 0 atom stereocenters. The van der Waals surface area contributed by atoms with Gasteiger partial charge in [-0.25, -0.2) is 4.98 Å². The van der Waals surface area contributed by atoms with Crippen LogP contribution in [-0.4, -0.2) is 52.9 Å². The molecule has 0 spiro atoms. The topological polar surface area (TPSA) is 154 Å². The Labute approximate surface area is 171 Å². The number of aromatic nitrogens is 2. The number of fused-ring (bicyclic) bond motifs is 1. The van der Waals surface area contributed by atoms with Crippen LogP contribution < -0.4 is 16.4 Å². The van der Waals surface area contributed by atoms with Crippen LogP contribution in [0.1, 0.15) is 10.4 Å². The van der Waals surface area contributed by atoms with Gasteiger partial charge >= 0.3 is 5.97 Å². The van der Waals surface area contributed by atoms with Gasteiger partial charge in [-0.3, -0.25) is 24.1 Å². The van der Waals surface area contributed by atoms with Gasteiger partial charge in [-0.15, -0.1) is 0 Å². The molecule has 156 valence electrons. The molecular weight excluding hydrogens is 392 g/mol. The van der Waals surface area contributed by atoms with Gasteiger partial charge in [-0.2, -0.15) is 0 Å². The lowest BCUT2D eigenvalue weighted by molar-refractivity contribution is -0.384. The maximum Gasteiger partial charge on any atom is 0.325 e. The molecule has 3 aromatic rings. The molecule has 2 aromatic heterocycles. The van der Waals surface area contributed by atoms with Crippen molar-refractivity contribution in [3.8, 4) is 11.3 Å². The first-order chi connectivity index (χ1) is 14.4. The number of pyridine rings is 1. The van der Waals surface area contributed by atoms with E-state index in [4.69, 9.17) is 5.73 Å². The summed E-state index contributed by atoms with van der Waals surface area (Å²) in [4.78, 5) is 38.8. The Morgan fingerprint density at radius 1 is 1.27 bits per heavy atom. The summed E-state index contributed by atoms with van der Waals surface area (Å²) in [5.41, 5.74) is 7.28. The van der Waals surface area contributed by atoms with Crippen LogP contribution in [0.3, 0.4) is 0 Å². The van der Waals surface area contributed by atoms with Crippen molar-refractivity contribution in [3.63, 3.8) is 0 Å². The van der Waals surface area contributed by atoms with E-state index in [-0.39, 0.29) is 18.1 Å². The number of nitrogens with two attached hydrogens (primary N) is 1. The number of carbonyl (C=O) groups is 2. The number of amides is 1. The van der Waals surface area contributed by atoms with Gasteiger partial charge in [0, 0.05) is 42.5 Å². The minimum atomic E-state index is -0.490. The molecular formula is C19H20N6O5. The standard InChI is InChI=1S/C19H20N6O5/c1-30-16(26)11-22-18-17(12-2-4-14(5-3-12)25(28)29)23-15-10-13(6-9-24(15)18)19(27)21-8-7-20/h2-6,9-10,22H,7-8,11,20H2,1H3,(H,21,27). The van der Waals surface area contributed by atoms with Crippen molar-refractivity contribution in [1.82, 2.24) is 14.7 Å². The fourth-order valence-corrected chi connectivity index (χ4v) is 2.81. The summed E-state index contributed by atoms with van der Waals surface area (Å²) in [6.45, 7) is 0.560. The lowest BCUT2D eigenvalue weighted by Crippen LogP contribution is -2.29. The molecule has 0 saturated carbocycles. The number of nitro groups is 1. The second kappa shape index (κ2) is 9.01. The molecule has 0 aliphatic heterocycles. The van der Waals surface area contributed by atoms with Crippen LogP contribution in [0.2, 0.25) is 0 Å². The number of rotatable bonds is 8. The number of hydrogen-bond donors (Lipinski definition) is 3. The quantitative estimate of drug-likeness (QED) is 0.283. The van der Waals surface area contributed by atoms with E-state index in [0.29, 0.717) is 41.4 Å². The van der Waals surface area contributed by atoms with E-state index in [2.05, 4.69) is 20.4 Å². The van der Waals surface area contributed by atoms with Crippen LogP contribution in [0.4, 0.5) is 11.5 Å². The number of ether oxygens (including phenoxy) is 1. The first-order valence-electron chi connectivity index (χ1n) is 9.00. The van der Waals surface area contributed by atoms with Crippen molar-refractivity contribution in [2.45, 2.75) is 0 Å². The predicted molar refractivity (Wildman–Crippen MR) is 109 cm³/mol. The zero-order chi connectivity index (χ0) is 21.7. The molecule has 0 bridgehead atoms. The molecule has 2 heterocycles. The molecule has 0 fully saturated rings. The second-order valence-electron chi connectivity index (χ2n) is 6.23. The van der Waals surface area contributed by atoms with Crippen molar-refractivity contribution in [3.05, 3.63) is 58.3 Å². The summed E-state index contributed by atoms with van der Waals surface area (Å²) in [6, 6.07) is 9.09. The van der Waals surface area contributed by atoms with Crippen molar-refractivity contribution < 1.29 is 19.2 Å². The third-order valence-corrected chi connectivity index (χ3v) is 4.30. The van der Waals surface area contributed by atoms with Gasteiger partial charge in [0.25, 0.3) is 11.6 Å². The number of methoxy groups -OCH3 is 1. The SMILES string of the molecule is COC(=O)CNc1c(-c2ccc([N+](=O)[O-])cc2)nc2cc(C(=O)NCCN)ccn12. The van der Waals surface area contributed by atoms with Crippen LogP contribution >= 0.6 is 0 Å². The summed E-state index contributed by atoms with van der Waals surface area (Å²) >= 11 is 0. The summed E-state index contributed by atoms with van der Waals surface area (Å²) in [5.74, 6) is -0.276. The predicted octanol–water partition coefficient (Wildman–Crippen LogP) is 1.18. The van der Waals surface area contributed by atoms with Crippen LogP contribution in [0.5, 0.6) is 0 Å². The zero-order valence-corrected chi connectivity index (χ0v) is 16.1. The van der Waals surface area contributed by atoms with Gasteiger partial charge in [0.1, 0.15) is 23.7 Å². The number of esters is 1. The molecule has 1 amide bonds. The Bertz CT molecular complexity index is 1090. The van der Waals surface area contributed by atoms with E-state index in [9.17, 15) is 19.7 Å². The number of nitrogens with one attached hydrogen (secondary N) is 2. The van der Waals surface area contributed by atoms with Gasteiger partial charge in [0.2, 0.25) is 0 Å². The minimum absolute atomic E-state index is 0.0505. The Morgan fingerprint density at radius 2 is 2.00 bits per heavy atom. The van der Waals surface area contributed by atoms with Gasteiger partial charge in [0.15, 0.2) is 0 Å². The summed E-state index contributed by atoms with van der Waals surface area (Å²) in [7, 11) is 1.28. The Balaban J connectivity index is 2.05. The van der Waals surface area contributed by atoms with E-state index in [0.717, 1.165) is 0 Å². The lowest BCUT2D eigenvalue weighted by atomic mass is 10.1. The first kappa shape index (κ1) is 20.7. The van der Waals surface area contributed by atoms with Crippen LogP contribution in [-0.2, 0) is 9.53 Å². The highest BCUT2D eigenvalue weighted by Gasteiger charge is 2.18. The average molecular weight is 412 g/mol. The fraction of sp³-hybridized carbons (Fsp3) is 0.211. The smallest absolute Gasteiger partial charge is 0.325 e. The van der Waals surface area contributed by atoms with Gasteiger partial charge in [-0.05, 0) is 24.3 Å². The van der Waals surface area contributed by atoms with Crippen LogP contribution in [0, 0.1) is 10.1 Å². The average Bonchev–Trinajstić information content (AvgIpc) is 3.13. The van der Waals surface area contributed by atoms with E-state index in [1.54, 1.807) is 34.9 Å². The Hall–Kier alpha value is -3.99. The van der Waals surface area contributed by atoms with Gasteiger partial charge < -0.3 is 21.1 Å². The number of anilines is 1. The number of nitro benzene ring substituents is 1. The highest BCUT2D eigenvalue weighted by molar-refractivity contribution is 5.95. The third-order valence-electron chi connectivity index (χ3n) is 4.30. The lowest BCUT2D eigenvalue weighted by Gasteiger charge is -2.08. The Morgan fingerprint density at radius 3 is 2.63 bits per heavy atom. The van der Waals surface area contributed by atoms with E-state index in [1.165, 1.54) is 19.2 Å². The van der Waals surface area contributed by atoms with E-state index in [1.807, 2.05) is 0 Å². The summed E-state index contributed by atoms with van der Waals surface area (Å²) in [6.07, 6.45) is 1.65. The van der Waals surface area contributed by atoms with Crippen molar-refractivity contribution in [2.75, 3.05) is 32.1 Å². The van der Waals surface area contributed by atoms with Gasteiger partial charge in [-0.1, -0.05) is 0 Å². The molecule has 11 heteroatoms. The molecule has 0 saturated heterocycles. The highest BCUT2D eigenvalue weighted by Crippen LogP contribution is 2.30. The molecule has 3 rings (SSSR count). The van der Waals surface area contributed by atoms with Crippen LogP contribution in [0.25, 0.3) is 16.9 Å². The molecule has 0 aliphatic rings. The van der Waals surface area contributed by atoms with Crippen molar-refractivity contribution in [2.24, 2.45) is 5.73 Å². The Kier molecular flexibility index (Phi) is 6.23.